The van der Waals surface area contributed by atoms with Crippen molar-refractivity contribution in [3.63, 3.8) is 0 Å². The first kappa shape index (κ1) is 13.3. The van der Waals surface area contributed by atoms with Gasteiger partial charge in [0.05, 0.1) is 0 Å². The van der Waals surface area contributed by atoms with Gasteiger partial charge in [0, 0.05) is 59.4 Å². The van der Waals surface area contributed by atoms with Gasteiger partial charge in [-0.05, 0) is 0 Å². The maximum atomic E-state index is 12.1. The molecule has 3 heterocycles. The normalized spacial score (nSPS) is 21.0. The van der Waals surface area contributed by atoms with Crippen molar-refractivity contribution in [2.75, 3.05) is 44.2 Å². The molecule has 1 aromatic heterocycles. The molecule has 2 aliphatic rings. The molecule has 0 bridgehead atoms. The van der Waals surface area contributed by atoms with E-state index in [4.69, 9.17) is 0 Å². The molecule has 8 nitrogen and oxygen atoms in total. The molecule has 0 spiro atoms. The van der Waals surface area contributed by atoms with Crippen molar-refractivity contribution in [1.29, 1.82) is 0 Å². The van der Waals surface area contributed by atoms with Gasteiger partial charge < -0.3 is 10.2 Å². The molecule has 2 saturated heterocycles. The summed E-state index contributed by atoms with van der Waals surface area (Å²) in [6.45, 7) is 5.77. The molecule has 0 saturated carbocycles. The summed E-state index contributed by atoms with van der Waals surface area (Å²) in [5.74, 6) is 0.376. The lowest BCUT2D eigenvalue weighted by Crippen LogP contribution is -2.64. The van der Waals surface area contributed by atoms with Crippen molar-refractivity contribution >= 4 is 5.82 Å². The van der Waals surface area contributed by atoms with Gasteiger partial charge in [0.2, 0.25) is 5.82 Å². The van der Waals surface area contributed by atoms with Crippen LogP contribution in [-0.2, 0) is 14.1 Å². The smallest absolute Gasteiger partial charge is 0.346 e. The molecule has 2 aliphatic heterocycles. The highest BCUT2D eigenvalue weighted by atomic mass is 16.2. The molecular formula is C12H20N6O2. The molecule has 2 fully saturated rings. The minimum absolute atomic E-state index is 0.313. The van der Waals surface area contributed by atoms with Crippen LogP contribution in [0.5, 0.6) is 0 Å². The zero-order valence-corrected chi connectivity index (χ0v) is 11.9. The lowest BCUT2D eigenvalue weighted by molar-refractivity contribution is 0.146. The van der Waals surface area contributed by atoms with Gasteiger partial charge in [-0.1, -0.05) is 0 Å². The Balaban J connectivity index is 1.74. The fraction of sp³-hybridized carbons (Fsp3) is 0.750. The van der Waals surface area contributed by atoms with Crippen molar-refractivity contribution in [2.45, 2.75) is 6.04 Å². The Labute approximate surface area is 116 Å². The largest absolute Gasteiger partial charge is 0.347 e. The number of aromatic nitrogens is 3. The Morgan fingerprint density at radius 3 is 2.45 bits per heavy atom. The van der Waals surface area contributed by atoms with Crippen LogP contribution < -0.4 is 21.5 Å². The summed E-state index contributed by atoms with van der Waals surface area (Å²) in [6, 6.07) is 0.487. The van der Waals surface area contributed by atoms with Crippen molar-refractivity contribution < 1.29 is 0 Å². The molecule has 3 rings (SSSR count). The van der Waals surface area contributed by atoms with Crippen LogP contribution in [0.1, 0.15) is 0 Å². The van der Waals surface area contributed by atoms with Gasteiger partial charge in [0.15, 0.2) is 0 Å². The van der Waals surface area contributed by atoms with E-state index < -0.39 is 5.69 Å². The lowest BCUT2D eigenvalue weighted by atomic mass is 10.1. The van der Waals surface area contributed by atoms with Crippen LogP contribution in [0.25, 0.3) is 0 Å². The van der Waals surface area contributed by atoms with Crippen molar-refractivity contribution in [3.8, 4) is 0 Å². The van der Waals surface area contributed by atoms with Crippen LogP contribution in [0.3, 0.4) is 0 Å². The fourth-order valence-electron chi connectivity index (χ4n) is 2.79. The zero-order valence-electron chi connectivity index (χ0n) is 11.9. The first-order chi connectivity index (χ1) is 9.58. The first-order valence-electron chi connectivity index (χ1n) is 6.92. The fourth-order valence-corrected chi connectivity index (χ4v) is 2.79. The predicted octanol–water partition coefficient (Wildman–Crippen LogP) is -2.43. The number of hydrogen-bond acceptors (Lipinski definition) is 6. The van der Waals surface area contributed by atoms with Gasteiger partial charge in [-0.2, -0.15) is 0 Å². The average molecular weight is 280 g/mol. The van der Waals surface area contributed by atoms with E-state index in [1.165, 1.54) is 11.7 Å². The highest BCUT2D eigenvalue weighted by Gasteiger charge is 2.34. The average Bonchev–Trinajstić information content (AvgIpc) is 2.41. The predicted molar refractivity (Wildman–Crippen MR) is 75.2 cm³/mol. The van der Waals surface area contributed by atoms with Crippen LogP contribution >= 0.6 is 0 Å². The molecule has 0 unspecified atom stereocenters. The van der Waals surface area contributed by atoms with E-state index in [-0.39, 0.29) is 5.56 Å². The second-order valence-corrected chi connectivity index (χ2v) is 5.44. The maximum Gasteiger partial charge on any atom is 0.346 e. The molecule has 0 aliphatic carbocycles. The van der Waals surface area contributed by atoms with Crippen LogP contribution in [-0.4, -0.2) is 64.6 Å². The minimum atomic E-state index is -0.391. The second-order valence-electron chi connectivity index (χ2n) is 5.44. The van der Waals surface area contributed by atoms with E-state index in [0.29, 0.717) is 11.9 Å². The minimum Gasteiger partial charge on any atom is -0.347 e. The van der Waals surface area contributed by atoms with E-state index in [0.717, 1.165) is 43.8 Å². The summed E-state index contributed by atoms with van der Waals surface area (Å²) in [5.41, 5.74) is -0.704. The number of nitrogens with one attached hydrogen (secondary N) is 1. The number of hydrogen-bond donors (Lipinski definition) is 1. The number of anilines is 1. The standard InChI is InChI=1S/C12H20N6O2/c1-15-11(19)10(14-16(2)12(15)20)18-7-9(8-18)17-5-3-13-4-6-17/h9,13H,3-8H2,1-2H3. The highest BCUT2D eigenvalue weighted by Crippen LogP contribution is 2.18. The van der Waals surface area contributed by atoms with Crippen LogP contribution in [0, 0.1) is 0 Å². The molecule has 1 N–H and O–H groups in total. The Morgan fingerprint density at radius 2 is 1.80 bits per heavy atom. The van der Waals surface area contributed by atoms with Crippen LogP contribution in [0.4, 0.5) is 5.82 Å². The molecule has 0 aromatic carbocycles. The number of piperazine rings is 1. The molecular weight excluding hydrogens is 260 g/mol. The summed E-state index contributed by atoms with van der Waals surface area (Å²) in [4.78, 5) is 28.1. The van der Waals surface area contributed by atoms with Gasteiger partial charge in [-0.25, -0.2) is 9.48 Å². The van der Waals surface area contributed by atoms with E-state index in [9.17, 15) is 9.59 Å². The zero-order chi connectivity index (χ0) is 14.3. The first-order valence-corrected chi connectivity index (χ1v) is 6.92. The summed E-state index contributed by atoms with van der Waals surface area (Å²) in [7, 11) is 3.06. The quantitative estimate of drug-likeness (QED) is 0.649. The SMILES string of the molecule is Cn1nc(N2CC(N3CCNCC3)C2)c(=O)n(C)c1=O. The molecule has 0 radical (unpaired) electrons. The van der Waals surface area contributed by atoms with Gasteiger partial charge in [0.25, 0.3) is 5.56 Å². The molecule has 20 heavy (non-hydrogen) atoms. The maximum absolute atomic E-state index is 12.1. The Kier molecular flexibility index (Phi) is 3.35. The Morgan fingerprint density at radius 1 is 1.15 bits per heavy atom. The van der Waals surface area contributed by atoms with Gasteiger partial charge in [-0.15, -0.1) is 5.10 Å². The van der Waals surface area contributed by atoms with Gasteiger partial charge in [0.1, 0.15) is 0 Å². The van der Waals surface area contributed by atoms with Crippen LogP contribution in [0.2, 0.25) is 0 Å². The summed E-state index contributed by atoms with van der Waals surface area (Å²) < 4.78 is 2.33. The third kappa shape index (κ3) is 2.14. The third-order valence-corrected chi connectivity index (χ3v) is 4.13. The van der Waals surface area contributed by atoms with E-state index in [1.54, 1.807) is 7.05 Å². The molecule has 8 heteroatoms. The number of nitrogens with zero attached hydrogens (tertiary/aromatic N) is 5. The molecule has 0 amide bonds. The number of aryl methyl sites for hydroxylation is 1. The summed E-state index contributed by atoms with van der Waals surface area (Å²) in [6.07, 6.45) is 0. The number of rotatable bonds is 2. The highest BCUT2D eigenvalue weighted by molar-refractivity contribution is 5.39. The molecule has 110 valence electrons. The van der Waals surface area contributed by atoms with E-state index in [2.05, 4.69) is 15.3 Å². The molecule has 0 atom stereocenters. The summed E-state index contributed by atoms with van der Waals surface area (Å²) >= 11 is 0. The van der Waals surface area contributed by atoms with Crippen LogP contribution in [0.15, 0.2) is 9.59 Å². The molecule has 1 aromatic rings. The van der Waals surface area contributed by atoms with E-state index >= 15 is 0 Å². The Bertz CT molecular complexity index is 609. The topological polar surface area (TPSA) is 75.4 Å². The van der Waals surface area contributed by atoms with Gasteiger partial charge >= 0.3 is 5.69 Å². The van der Waals surface area contributed by atoms with Gasteiger partial charge in [-0.3, -0.25) is 14.3 Å². The van der Waals surface area contributed by atoms with Crippen molar-refractivity contribution in [1.82, 2.24) is 24.6 Å². The Hall–Kier alpha value is -1.67. The van der Waals surface area contributed by atoms with E-state index in [1.807, 2.05) is 4.90 Å². The second kappa shape index (κ2) is 5.02. The van der Waals surface area contributed by atoms with Crippen molar-refractivity contribution in [3.05, 3.63) is 20.8 Å². The van der Waals surface area contributed by atoms with Crippen molar-refractivity contribution in [2.24, 2.45) is 14.1 Å². The monoisotopic (exact) mass is 280 g/mol. The lowest BCUT2D eigenvalue weighted by Gasteiger charge is -2.46. The third-order valence-electron chi connectivity index (χ3n) is 4.13. The summed E-state index contributed by atoms with van der Waals surface area (Å²) in [5, 5.41) is 7.43.